The van der Waals surface area contributed by atoms with Crippen LogP contribution in [0.2, 0.25) is 0 Å². The molecule has 1 fully saturated rings. The molecule has 2 rings (SSSR count). The first-order valence-corrected chi connectivity index (χ1v) is 5.26. The number of nitrogens with one attached hydrogen (secondary N) is 1. The highest BCUT2D eigenvalue weighted by Gasteiger charge is 2.45. The number of nitrogens with zero attached hydrogens (tertiary/aromatic N) is 1. The quantitative estimate of drug-likeness (QED) is 0.698. The monoisotopic (exact) mass is 208 g/mol. The summed E-state index contributed by atoms with van der Waals surface area (Å²) in [7, 11) is -0.284. The van der Waals surface area contributed by atoms with E-state index in [1.807, 2.05) is 34.6 Å². The molecular formula is C10H17BN2O2. The molecule has 1 aromatic heterocycles. The van der Waals surface area contributed by atoms with Gasteiger partial charge < -0.3 is 9.31 Å². The molecule has 0 radical (unpaired) electrons. The van der Waals surface area contributed by atoms with Gasteiger partial charge in [-0.1, -0.05) is 0 Å². The predicted molar refractivity (Wildman–Crippen MR) is 59.2 cm³/mol. The first-order valence-electron chi connectivity index (χ1n) is 5.26. The lowest BCUT2D eigenvalue weighted by Gasteiger charge is -2.21. The van der Waals surface area contributed by atoms with Crippen molar-refractivity contribution >= 4 is 12.6 Å². The Bertz CT molecular complexity index is 356. The van der Waals surface area contributed by atoms with Crippen molar-refractivity contribution in [2.45, 2.75) is 46.3 Å². The van der Waals surface area contributed by atoms with Gasteiger partial charge in [-0.25, -0.2) is 0 Å². The van der Waals surface area contributed by atoms with Gasteiger partial charge in [0, 0.05) is 11.2 Å². The predicted octanol–water partition coefficient (Wildman–Crippen LogP) is 0.936. The van der Waals surface area contributed by atoms with Crippen LogP contribution in [0.3, 0.4) is 0 Å². The fourth-order valence-electron chi connectivity index (χ4n) is 1.78. The molecule has 0 bridgehead atoms. The van der Waals surface area contributed by atoms with E-state index in [1.54, 1.807) is 0 Å². The van der Waals surface area contributed by atoms with Gasteiger partial charge in [-0.3, -0.25) is 5.10 Å². The Hall–Kier alpha value is -0.805. The SMILES string of the molecule is Cc1n[nH]c(C)c1B1OC(C)C(C)(C)O1. The summed E-state index contributed by atoms with van der Waals surface area (Å²) >= 11 is 0. The second-order valence-corrected chi connectivity index (χ2v) is 4.68. The second-order valence-electron chi connectivity index (χ2n) is 4.68. The van der Waals surface area contributed by atoms with Crippen molar-refractivity contribution in [1.29, 1.82) is 0 Å². The first-order chi connectivity index (χ1) is 6.92. The summed E-state index contributed by atoms with van der Waals surface area (Å²) in [6.07, 6.45) is 0.0937. The van der Waals surface area contributed by atoms with Gasteiger partial charge in [0.05, 0.1) is 17.4 Å². The standard InChI is InChI=1S/C10H17BN2O2/c1-6-9(7(2)13-12-6)11-14-8(3)10(4,5)15-11/h8H,1-5H3,(H,12,13). The summed E-state index contributed by atoms with van der Waals surface area (Å²) < 4.78 is 11.7. The van der Waals surface area contributed by atoms with Crippen LogP contribution in [0.4, 0.5) is 0 Å². The van der Waals surface area contributed by atoms with Crippen LogP contribution in [0.25, 0.3) is 0 Å². The fourth-order valence-corrected chi connectivity index (χ4v) is 1.78. The number of rotatable bonds is 1. The second kappa shape index (κ2) is 3.35. The molecule has 82 valence electrons. The molecule has 0 saturated carbocycles. The Kier molecular flexibility index (Phi) is 2.39. The Morgan fingerprint density at radius 3 is 2.47 bits per heavy atom. The van der Waals surface area contributed by atoms with Gasteiger partial charge in [-0.15, -0.1) is 0 Å². The first kappa shape index (κ1) is 10.7. The summed E-state index contributed by atoms with van der Waals surface area (Å²) in [5.41, 5.74) is 2.76. The summed E-state index contributed by atoms with van der Waals surface area (Å²) in [6.45, 7) is 10.1. The maximum absolute atomic E-state index is 5.88. The topological polar surface area (TPSA) is 47.1 Å². The van der Waals surface area contributed by atoms with E-state index in [4.69, 9.17) is 9.31 Å². The Morgan fingerprint density at radius 2 is 2.07 bits per heavy atom. The van der Waals surface area contributed by atoms with Crippen molar-refractivity contribution in [3.63, 3.8) is 0 Å². The summed E-state index contributed by atoms with van der Waals surface area (Å²) in [6, 6.07) is 0. The van der Waals surface area contributed by atoms with Crippen LogP contribution in [0.5, 0.6) is 0 Å². The van der Waals surface area contributed by atoms with E-state index in [0.717, 1.165) is 16.9 Å². The fraction of sp³-hybridized carbons (Fsp3) is 0.700. The van der Waals surface area contributed by atoms with Crippen molar-refractivity contribution in [3.8, 4) is 0 Å². The third-order valence-corrected chi connectivity index (χ3v) is 3.14. The van der Waals surface area contributed by atoms with Crippen LogP contribution < -0.4 is 5.46 Å². The normalized spacial score (nSPS) is 24.9. The van der Waals surface area contributed by atoms with Gasteiger partial charge in [0.15, 0.2) is 0 Å². The minimum absolute atomic E-state index is 0.0937. The highest BCUT2D eigenvalue weighted by atomic mass is 16.7. The van der Waals surface area contributed by atoms with E-state index in [-0.39, 0.29) is 18.8 Å². The summed E-state index contributed by atoms with van der Waals surface area (Å²) in [5, 5.41) is 7.09. The van der Waals surface area contributed by atoms with Crippen LogP contribution in [-0.2, 0) is 9.31 Å². The van der Waals surface area contributed by atoms with Gasteiger partial charge in [0.1, 0.15) is 0 Å². The van der Waals surface area contributed by atoms with E-state index in [0.29, 0.717) is 0 Å². The highest BCUT2D eigenvalue weighted by molar-refractivity contribution is 6.62. The Balaban J connectivity index is 2.28. The van der Waals surface area contributed by atoms with Gasteiger partial charge >= 0.3 is 7.12 Å². The number of aromatic nitrogens is 2. The molecule has 1 aliphatic heterocycles. The van der Waals surface area contributed by atoms with Crippen molar-refractivity contribution in [2.24, 2.45) is 0 Å². The molecule has 5 heteroatoms. The molecule has 0 aliphatic carbocycles. The zero-order chi connectivity index (χ0) is 11.2. The van der Waals surface area contributed by atoms with Gasteiger partial charge in [0.2, 0.25) is 0 Å². The summed E-state index contributed by atoms with van der Waals surface area (Å²) in [5.74, 6) is 0. The molecule has 4 nitrogen and oxygen atoms in total. The van der Waals surface area contributed by atoms with E-state index < -0.39 is 0 Å². The summed E-state index contributed by atoms with van der Waals surface area (Å²) in [4.78, 5) is 0. The Morgan fingerprint density at radius 1 is 1.40 bits per heavy atom. The molecule has 0 aromatic carbocycles. The van der Waals surface area contributed by atoms with Gasteiger partial charge in [-0.05, 0) is 34.6 Å². The molecule has 0 amide bonds. The Labute approximate surface area is 90.5 Å². The number of H-pyrrole nitrogens is 1. The van der Waals surface area contributed by atoms with Crippen LogP contribution in [0, 0.1) is 13.8 Å². The minimum atomic E-state index is -0.284. The lowest BCUT2D eigenvalue weighted by molar-refractivity contribution is 0.0842. The zero-order valence-corrected chi connectivity index (χ0v) is 9.92. The molecule has 1 atom stereocenters. The lowest BCUT2D eigenvalue weighted by Crippen LogP contribution is -2.36. The van der Waals surface area contributed by atoms with Crippen LogP contribution in [0.1, 0.15) is 32.2 Å². The van der Waals surface area contributed by atoms with Gasteiger partial charge in [-0.2, -0.15) is 5.10 Å². The number of aromatic amines is 1. The van der Waals surface area contributed by atoms with E-state index in [9.17, 15) is 0 Å². The van der Waals surface area contributed by atoms with Crippen molar-refractivity contribution < 1.29 is 9.31 Å². The smallest absolute Gasteiger partial charge is 0.402 e. The number of hydrogen-bond donors (Lipinski definition) is 1. The largest absolute Gasteiger partial charge is 0.498 e. The number of aryl methyl sites for hydroxylation is 2. The molecule has 0 spiro atoms. The van der Waals surface area contributed by atoms with Crippen LogP contribution in [0.15, 0.2) is 0 Å². The van der Waals surface area contributed by atoms with Crippen molar-refractivity contribution in [3.05, 3.63) is 11.4 Å². The third-order valence-electron chi connectivity index (χ3n) is 3.14. The minimum Gasteiger partial charge on any atom is -0.402 e. The van der Waals surface area contributed by atoms with Crippen LogP contribution >= 0.6 is 0 Å². The maximum Gasteiger partial charge on any atom is 0.498 e. The van der Waals surface area contributed by atoms with Gasteiger partial charge in [0.25, 0.3) is 0 Å². The zero-order valence-electron chi connectivity index (χ0n) is 9.92. The van der Waals surface area contributed by atoms with E-state index >= 15 is 0 Å². The third kappa shape index (κ3) is 1.70. The van der Waals surface area contributed by atoms with E-state index in [2.05, 4.69) is 10.2 Å². The van der Waals surface area contributed by atoms with Crippen molar-refractivity contribution in [2.75, 3.05) is 0 Å². The molecule has 15 heavy (non-hydrogen) atoms. The van der Waals surface area contributed by atoms with E-state index in [1.165, 1.54) is 0 Å². The number of hydrogen-bond acceptors (Lipinski definition) is 3. The lowest BCUT2D eigenvalue weighted by atomic mass is 9.77. The molecule has 1 saturated heterocycles. The molecule has 1 N–H and O–H groups in total. The average Bonchev–Trinajstić information content (AvgIpc) is 2.55. The molecule has 2 heterocycles. The molecule has 1 aliphatic rings. The molecule has 1 unspecified atom stereocenters. The average molecular weight is 208 g/mol. The molecular weight excluding hydrogens is 191 g/mol. The molecule has 1 aromatic rings. The van der Waals surface area contributed by atoms with Crippen molar-refractivity contribution in [1.82, 2.24) is 10.2 Å². The van der Waals surface area contributed by atoms with Crippen LogP contribution in [-0.4, -0.2) is 29.0 Å². The highest BCUT2D eigenvalue weighted by Crippen LogP contribution is 2.27. The maximum atomic E-state index is 5.88.